The number of nitrogens with one attached hydrogen (secondary N) is 3. The van der Waals surface area contributed by atoms with Crippen molar-refractivity contribution >= 4 is 17.7 Å². The third-order valence-corrected chi connectivity index (χ3v) is 4.19. The lowest BCUT2D eigenvalue weighted by molar-refractivity contribution is -0.132. The number of hydrogen-bond acceptors (Lipinski definition) is 3. The predicted molar refractivity (Wildman–Crippen MR) is 102 cm³/mol. The summed E-state index contributed by atoms with van der Waals surface area (Å²) in [5.74, 6) is -0.764. The average molecular weight is 361 g/mol. The van der Waals surface area contributed by atoms with E-state index in [9.17, 15) is 14.4 Å². The van der Waals surface area contributed by atoms with Gasteiger partial charge in [-0.05, 0) is 32.3 Å². The molecule has 0 aromatic heterocycles. The maximum Gasteiger partial charge on any atom is 0.243 e. The Bertz CT molecular complexity index is 589. The van der Waals surface area contributed by atoms with Crippen LogP contribution in [0.3, 0.4) is 0 Å². The Morgan fingerprint density at radius 3 is 2.15 bits per heavy atom. The lowest BCUT2D eigenvalue weighted by Gasteiger charge is -2.22. The number of carbonyl (C=O) groups excluding carboxylic acids is 3. The minimum Gasteiger partial charge on any atom is -0.352 e. The van der Waals surface area contributed by atoms with E-state index in [2.05, 4.69) is 16.0 Å². The van der Waals surface area contributed by atoms with E-state index in [1.165, 1.54) is 0 Å². The van der Waals surface area contributed by atoms with Gasteiger partial charge in [0.1, 0.15) is 12.1 Å². The largest absolute Gasteiger partial charge is 0.352 e. The minimum absolute atomic E-state index is 0.0545. The van der Waals surface area contributed by atoms with Crippen molar-refractivity contribution in [3.8, 4) is 0 Å². The van der Waals surface area contributed by atoms with Gasteiger partial charge in [-0.1, -0.05) is 50.6 Å². The highest BCUT2D eigenvalue weighted by molar-refractivity contribution is 5.92. The minimum atomic E-state index is -0.651. The van der Waals surface area contributed by atoms with E-state index >= 15 is 0 Å². The van der Waals surface area contributed by atoms with Crippen LogP contribution in [0.15, 0.2) is 30.3 Å². The standard InChI is InChI=1S/C20H31N3O3/c1-5-10-17(23-18(24)13-16-11-8-7-9-12-16)20(26)22-15(4)19(25)21-14(3)6-2/h7-9,11-12,14-15,17H,5-6,10,13H2,1-4H3,(H,21,25)(H,22,26)(H,23,24). The van der Waals surface area contributed by atoms with Gasteiger partial charge in [0, 0.05) is 6.04 Å². The Morgan fingerprint density at radius 2 is 1.58 bits per heavy atom. The molecule has 0 aliphatic rings. The second kappa shape index (κ2) is 11.3. The summed E-state index contributed by atoms with van der Waals surface area (Å²) in [5.41, 5.74) is 0.891. The molecule has 0 saturated carbocycles. The highest BCUT2D eigenvalue weighted by Crippen LogP contribution is 2.03. The molecular weight excluding hydrogens is 330 g/mol. The van der Waals surface area contributed by atoms with Crippen LogP contribution in [0.5, 0.6) is 0 Å². The van der Waals surface area contributed by atoms with Gasteiger partial charge in [0.15, 0.2) is 0 Å². The summed E-state index contributed by atoms with van der Waals surface area (Å²) in [6, 6.07) is 8.13. The van der Waals surface area contributed by atoms with Crippen LogP contribution in [0, 0.1) is 0 Å². The highest BCUT2D eigenvalue weighted by Gasteiger charge is 2.24. The summed E-state index contributed by atoms with van der Waals surface area (Å²) >= 11 is 0. The Morgan fingerprint density at radius 1 is 0.923 bits per heavy atom. The molecule has 3 amide bonds. The quantitative estimate of drug-likeness (QED) is 0.595. The zero-order chi connectivity index (χ0) is 19.5. The van der Waals surface area contributed by atoms with E-state index in [1.807, 2.05) is 51.1 Å². The van der Waals surface area contributed by atoms with E-state index < -0.39 is 12.1 Å². The monoisotopic (exact) mass is 361 g/mol. The molecule has 26 heavy (non-hydrogen) atoms. The van der Waals surface area contributed by atoms with E-state index in [0.717, 1.165) is 18.4 Å². The fraction of sp³-hybridized carbons (Fsp3) is 0.550. The van der Waals surface area contributed by atoms with Crippen molar-refractivity contribution in [1.82, 2.24) is 16.0 Å². The molecule has 0 aliphatic carbocycles. The molecule has 0 aliphatic heterocycles. The number of benzene rings is 1. The van der Waals surface area contributed by atoms with Crippen LogP contribution < -0.4 is 16.0 Å². The van der Waals surface area contributed by atoms with Crippen molar-refractivity contribution in [2.75, 3.05) is 0 Å². The molecule has 6 heteroatoms. The van der Waals surface area contributed by atoms with Gasteiger partial charge >= 0.3 is 0 Å². The number of carbonyl (C=O) groups is 3. The molecule has 144 valence electrons. The second-order valence-corrected chi connectivity index (χ2v) is 6.62. The molecule has 6 nitrogen and oxygen atoms in total. The van der Waals surface area contributed by atoms with E-state index in [4.69, 9.17) is 0 Å². The molecule has 0 saturated heterocycles. The summed E-state index contributed by atoms with van der Waals surface area (Å²) in [6.07, 6.45) is 2.31. The van der Waals surface area contributed by atoms with Crippen LogP contribution >= 0.6 is 0 Å². The van der Waals surface area contributed by atoms with Crippen LogP contribution in [0.25, 0.3) is 0 Å². The maximum atomic E-state index is 12.5. The number of amides is 3. The van der Waals surface area contributed by atoms with Gasteiger partial charge in [0.05, 0.1) is 6.42 Å². The highest BCUT2D eigenvalue weighted by atomic mass is 16.2. The smallest absolute Gasteiger partial charge is 0.243 e. The molecular formula is C20H31N3O3. The van der Waals surface area contributed by atoms with Crippen molar-refractivity contribution in [3.05, 3.63) is 35.9 Å². The summed E-state index contributed by atoms with van der Waals surface area (Å²) in [5, 5.41) is 8.32. The predicted octanol–water partition coefficient (Wildman–Crippen LogP) is 1.93. The van der Waals surface area contributed by atoms with Crippen molar-refractivity contribution in [2.45, 2.75) is 71.5 Å². The first-order valence-electron chi connectivity index (χ1n) is 9.31. The molecule has 0 fully saturated rings. The summed E-state index contributed by atoms with van der Waals surface area (Å²) in [7, 11) is 0. The van der Waals surface area contributed by atoms with Gasteiger partial charge in [-0.25, -0.2) is 0 Å². The van der Waals surface area contributed by atoms with Crippen LogP contribution in [-0.2, 0) is 20.8 Å². The van der Waals surface area contributed by atoms with E-state index in [-0.39, 0.29) is 30.2 Å². The van der Waals surface area contributed by atoms with Gasteiger partial charge in [-0.3, -0.25) is 14.4 Å². The zero-order valence-electron chi connectivity index (χ0n) is 16.2. The zero-order valence-corrected chi connectivity index (χ0v) is 16.2. The molecule has 1 aromatic rings. The number of rotatable bonds is 10. The molecule has 1 aromatic carbocycles. The topological polar surface area (TPSA) is 87.3 Å². The first kappa shape index (κ1) is 21.7. The summed E-state index contributed by atoms with van der Waals surface area (Å²) < 4.78 is 0. The first-order chi connectivity index (χ1) is 12.4. The van der Waals surface area contributed by atoms with Crippen LogP contribution in [-0.4, -0.2) is 35.8 Å². The molecule has 1 rings (SSSR count). The lowest BCUT2D eigenvalue weighted by Crippen LogP contribution is -2.53. The Balaban J connectivity index is 2.60. The normalized spacial score (nSPS) is 14.0. The van der Waals surface area contributed by atoms with Crippen molar-refractivity contribution in [2.24, 2.45) is 0 Å². The van der Waals surface area contributed by atoms with E-state index in [1.54, 1.807) is 6.92 Å². The van der Waals surface area contributed by atoms with Crippen LogP contribution in [0.1, 0.15) is 52.5 Å². The molecule has 3 unspecified atom stereocenters. The Labute approximate surface area is 156 Å². The Kier molecular flexibility index (Phi) is 9.41. The third kappa shape index (κ3) is 7.68. The van der Waals surface area contributed by atoms with Gasteiger partial charge in [0.25, 0.3) is 0 Å². The lowest BCUT2D eigenvalue weighted by atomic mass is 10.1. The number of hydrogen-bond donors (Lipinski definition) is 3. The fourth-order valence-electron chi connectivity index (χ4n) is 2.43. The van der Waals surface area contributed by atoms with E-state index in [0.29, 0.717) is 6.42 Å². The molecule has 0 bridgehead atoms. The van der Waals surface area contributed by atoms with Crippen molar-refractivity contribution < 1.29 is 14.4 Å². The molecule has 3 N–H and O–H groups in total. The van der Waals surface area contributed by atoms with Gasteiger partial charge in [-0.15, -0.1) is 0 Å². The van der Waals surface area contributed by atoms with Gasteiger partial charge in [0.2, 0.25) is 17.7 Å². The van der Waals surface area contributed by atoms with Crippen LogP contribution in [0.2, 0.25) is 0 Å². The maximum absolute atomic E-state index is 12.5. The third-order valence-electron chi connectivity index (χ3n) is 4.19. The van der Waals surface area contributed by atoms with Crippen molar-refractivity contribution in [3.63, 3.8) is 0 Å². The molecule has 0 spiro atoms. The second-order valence-electron chi connectivity index (χ2n) is 6.62. The fourth-order valence-corrected chi connectivity index (χ4v) is 2.43. The SMILES string of the molecule is CCCC(NC(=O)Cc1ccccc1)C(=O)NC(C)C(=O)NC(C)CC. The van der Waals surface area contributed by atoms with Crippen molar-refractivity contribution in [1.29, 1.82) is 0 Å². The average Bonchev–Trinajstić information content (AvgIpc) is 2.61. The summed E-state index contributed by atoms with van der Waals surface area (Å²) in [4.78, 5) is 36.8. The van der Waals surface area contributed by atoms with Gasteiger partial charge in [-0.2, -0.15) is 0 Å². The summed E-state index contributed by atoms with van der Waals surface area (Å²) in [6.45, 7) is 7.48. The first-order valence-corrected chi connectivity index (χ1v) is 9.31. The molecule has 0 radical (unpaired) electrons. The molecule has 0 heterocycles. The Hall–Kier alpha value is -2.37. The van der Waals surface area contributed by atoms with Gasteiger partial charge < -0.3 is 16.0 Å². The molecule has 3 atom stereocenters. The van der Waals surface area contributed by atoms with Crippen LogP contribution in [0.4, 0.5) is 0 Å².